The molecule has 0 saturated carbocycles. The van der Waals surface area contributed by atoms with E-state index in [1.807, 2.05) is 0 Å². The third-order valence-corrected chi connectivity index (χ3v) is 8.18. The minimum Gasteiger partial charge on any atom is -0.463 e. The smallest absolute Gasteiger partial charge is 0.431 e. The van der Waals surface area contributed by atoms with Gasteiger partial charge < -0.3 is 10.1 Å². The van der Waals surface area contributed by atoms with E-state index in [0.717, 1.165) is 0 Å². The molecule has 0 radical (unpaired) electrons. The Hall–Kier alpha value is -3.40. The number of ether oxygens (including phenoxy) is 1. The molecule has 2 aliphatic rings. The van der Waals surface area contributed by atoms with Crippen LogP contribution in [0.5, 0.6) is 0 Å². The summed E-state index contributed by atoms with van der Waals surface area (Å²) in [4.78, 5) is 26.2. The SMILES string of the molecule is CCOC(=O)C1=C(C(F)(F)F)NC2=C(C(=O)CC(C)(C)C2)C1c1ccc(S(=O)(=O)c2ccccc2)cc1. The quantitative estimate of drug-likeness (QED) is 0.530. The fourth-order valence-corrected chi connectivity index (χ4v) is 6.13. The number of alkyl halides is 3. The lowest BCUT2D eigenvalue weighted by Gasteiger charge is -2.40. The van der Waals surface area contributed by atoms with Gasteiger partial charge in [0.1, 0.15) is 5.70 Å². The molecule has 6 nitrogen and oxygen atoms in total. The Balaban J connectivity index is 1.90. The number of hydrogen-bond donors (Lipinski definition) is 1. The Kier molecular flexibility index (Phi) is 6.83. The van der Waals surface area contributed by atoms with Crippen molar-refractivity contribution < 1.29 is 35.9 Å². The number of carbonyl (C=O) groups is 2. The molecule has 1 atom stereocenters. The number of hydrogen-bond acceptors (Lipinski definition) is 6. The zero-order chi connectivity index (χ0) is 27.2. The molecule has 10 heteroatoms. The van der Waals surface area contributed by atoms with Crippen molar-refractivity contribution in [3.8, 4) is 0 Å². The summed E-state index contributed by atoms with van der Waals surface area (Å²) in [6.45, 7) is 4.87. The summed E-state index contributed by atoms with van der Waals surface area (Å²) in [6, 6.07) is 12.9. The van der Waals surface area contributed by atoms with E-state index in [0.29, 0.717) is 0 Å². The second-order valence-electron chi connectivity index (χ2n) is 9.78. The van der Waals surface area contributed by atoms with Gasteiger partial charge in [0.25, 0.3) is 0 Å². The van der Waals surface area contributed by atoms with E-state index in [4.69, 9.17) is 4.74 Å². The molecular formula is C27H26F3NO5S. The summed E-state index contributed by atoms with van der Waals surface area (Å²) < 4.78 is 73.7. The molecule has 1 unspecified atom stereocenters. The fourth-order valence-electron chi connectivity index (χ4n) is 4.85. The van der Waals surface area contributed by atoms with Crippen molar-refractivity contribution in [2.24, 2.45) is 5.41 Å². The summed E-state index contributed by atoms with van der Waals surface area (Å²) in [7, 11) is -3.88. The molecule has 1 heterocycles. The largest absolute Gasteiger partial charge is 0.463 e. The van der Waals surface area contributed by atoms with Crippen molar-refractivity contribution in [3.05, 3.63) is 82.7 Å². The average Bonchev–Trinajstić information content (AvgIpc) is 2.82. The van der Waals surface area contributed by atoms with E-state index in [1.54, 1.807) is 32.0 Å². The van der Waals surface area contributed by atoms with Gasteiger partial charge in [-0.1, -0.05) is 44.2 Å². The topological polar surface area (TPSA) is 89.5 Å². The second-order valence-corrected chi connectivity index (χ2v) is 11.7. The molecule has 0 aromatic heterocycles. The Morgan fingerprint density at radius 2 is 1.62 bits per heavy atom. The van der Waals surface area contributed by atoms with Crippen LogP contribution in [0.25, 0.3) is 0 Å². The van der Waals surface area contributed by atoms with Gasteiger partial charge >= 0.3 is 12.1 Å². The number of sulfone groups is 1. The van der Waals surface area contributed by atoms with Crippen LogP contribution in [0.2, 0.25) is 0 Å². The highest BCUT2D eigenvalue weighted by atomic mass is 32.2. The third kappa shape index (κ3) is 5.07. The lowest BCUT2D eigenvalue weighted by atomic mass is 9.68. The molecule has 0 amide bonds. The molecule has 1 aliphatic heterocycles. The number of rotatable bonds is 5. The molecule has 0 bridgehead atoms. The lowest BCUT2D eigenvalue weighted by molar-refractivity contribution is -0.140. The molecule has 196 valence electrons. The van der Waals surface area contributed by atoms with Gasteiger partial charge in [0.15, 0.2) is 5.78 Å². The summed E-state index contributed by atoms with van der Waals surface area (Å²) in [6.07, 6.45) is -4.68. The Morgan fingerprint density at radius 3 is 2.19 bits per heavy atom. The van der Waals surface area contributed by atoms with Gasteiger partial charge in [-0.25, -0.2) is 13.2 Å². The maximum absolute atomic E-state index is 14.2. The molecule has 37 heavy (non-hydrogen) atoms. The van der Waals surface area contributed by atoms with Crippen LogP contribution in [0.3, 0.4) is 0 Å². The van der Waals surface area contributed by atoms with E-state index in [-0.39, 0.29) is 51.9 Å². The summed E-state index contributed by atoms with van der Waals surface area (Å²) >= 11 is 0. The van der Waals surface area contributed by atoms with Crippen molar-refractivity contribution in [2.45, 2.75) is 55.5 Å². The molecule has 1 N–H and O–H groups in total. The summed E-state index contributed by atoms with van der Waals surface area (Å²) in [5.74, 6) is -2.95. The summed E-state index contributed by atoms with van der Waals surface area (Å²) in [5.41, 5.74) is -2.24. The van der Waals surface area contributed by atoms with Crippen LogP contribution in [0, 0.1) is 5.41 Å². The van der Waals surface area contributed by atoms with Gasteiger partial charge in [0.2, 0.25) is 9.84 Å². The first kappa shape index (κ1) is 26.7. The highest BCUT2D eigenvalue weighted by Crippen LogP contribution is 2.49. The molecule has 0 spiro atoms. The summed E-state index contributed by atoms with van der Waals surface area (Å²) in [5, 5.41) is 2.34. The highest BCUT2D eigenvalue weighted by Gasteiger charge is 2.50. The molecule has 0 saturated heterocycles. The van der Waals surface area contributed by atoms with Gasteiger partial charge in [-0.3, -0.25) is 4.79 Å². The Bertz CT molecular complexity index is 1410. The van der Waals surface area contributed by atoms with E-state index in [1.165, 1.54) is 43.3 Å². The van der Waals surface area contributed by atoms with Crippen molar-refractivity contribution >= 4 is 21.6 Å². The number of halogens is 3. The molecule has 0 fully saturated rings. The maximum atomic E-state index is 14.2. The van der Waals surface area contributed by atoms with Crippen LogP contribution < -0.4 is 5.32 Å². The van der Waals surface area contributed by atoms with E-state index >= 15 is 0 Å². The standard InChI is InChI=1S/C27H26F3NO5S/c1-4-36-25(33)23-21(16-10-12-18(13-11-16)37(34,35)17-8-6-5-7-9-17)22-19(31-24(23)27(28,29)30)14-26(2,3)15-20(22)32/h5-13,21,31H,4,14-15H2,1-3H3. The van der Waals surface area contributed by atoms with Gasteiger partial charge in [-0.05, 0) is 48.6 Å². The highest BCUT2D eigenvalue weighted by molar-refractivity contribution is 7.91. The minimum absolute atomic E-state index is 0.0609. The first-order valence-corrected chi connectivity index (χ1v) is 13.2. The number of dihydropyridines is 1. The second kappa shape index (κ2) is 9.48. The predicted octanol–water partition coefficient (Wildman–Crippen LogP) is 5.23. The van der Waals surface area contributed by atoms with Crippen molar-refractivity contribution in [1.82, 2.24) is 5.32 Å². The number of Topliss-reactive ketones (excluding diaryl/α,β-unsaturated/α-hetero) is 1. The zero-order valence-corrected chi connectivity index (χ0v) is 21.3. The first-order chi connectivity index (χ1) is 17.3. The Labute approximate surface area is 213 Å². The van der Waals surface area contributed by atoms with Crippen LogP contribution in [0.15, 0.2) is 86.9 Å². The molecule has 2 aromatic carbocycles. The number of allylic oxidation sites excluding steroid dienone is 3. The van der Waals surface area contributed by atoms with Crippen LogP contribution in [0.1, 0.15) is 45.1 Å². The van der Waals surface area contributed by atoms with Gasteiger partial charge in [-0.2, -0.15) is 13.2 Å². The van der Waals surface area contributed by atoms with Gasteiger partial charge in [0, 0.05) is 23.6 Å². The number of esters is 1. The average molecular weight is 534 g/mol. The fraction of sp³-hybridized carbons (Fsp3) is 0.333. The molecular weight excluding hydrogens is 507 g/mol. The normalized spacial score (nSPS) is 19.8. The van der Waals surface area contributed by atoms with E-state index < -0.39 is 44.6 Å². The van der Waals surface area contributed by atoms with Crippen molar-refractivity contribution in [1.29, 1.82) is 0 Å². The van der Waals surface area contributed by atoms with Gasteiger partial charge in [0.05, 0.1) is 22.0 Å². The molecule has 4 rings (SSSR count). The van der Waals surface area contributed by atoms with Gasteiger partial charge in [-0.15, -0.1) is 0 Å². The number of benzene rings is 2. The predicted molar refractivity (Wildman–Crippen MR) is 129 cm³/mol. The first-order valence-electron chi connectivity index (χ1n) is 11.7. The van der Waals surface area contributed by atoms with Crippen LogP contribution >= 0.6 is 0 Å². The minimum atomic E-state index is -4.93. The Morgan fingerprint density at radius 1 is 1.03 bits per heavy atom. The molecule has 1 aliphatic carbocycles. The zero-order valence-electron chi connectivity index (χ0n) is 20.5. The number of carbonyl (C=O) groups excluding carboxylic acids is 2. The van der Waals surface area contributed by atoms with Crippen LogP contribution in [-0.4, -0.2) is 33.0 Å². The number of ketones is 1. The van der Waals surface area contributed by atoms with Crippen molar-refractivity contribution in [2.75, 3.05) is 6.61 Å². The lowest BCUT2D eigenvalue weighted by Crippen LogP contribution is -2.42. The maximum Gasteiger partial charge on any atom is 0.431 e. The number of nitrogens with one attached hydrogen (secondary N) is 1. The van der Waals surface area contributed by atoms with Crippen LogP contribution in [0.4, 0.5) is 13.2 Å². The molecule has 2 aromatic rings. The van der Waals surface area contributed by atoms with E-state index in [9.17, 15) is 31.2 Å². The monoisotopic (exact) mass is 533 g/mol. The van der Waals surface area contributed by atoms with Crippen molar-refractivity contribution in [3.63, 3.8) is 0 Å². The van der Waals surface area contributed by atoms with Crippen LogP contribution in [-0.2, 0) is 24.2 Å². The van der Waals surface area contributed by atoms with E-state index in [2.05, 4.69) is 5.32 Å². The third-order valence-electron chi connectivity index (χ3n) is 6.40.